The van der Waals surface area contributed by atoms with Gasteiger partial charge in [0.15, 0.2) is 0 Å². The smallest absolute Gasteiger partial charge is 0.251 e. The van der Waals surface area contributed by atoms with Crippen LogP contribution in [0.5, 0.6) is 0 Å². The van der Waals surface area contributed by atoms with E-state index in [0.717, 1.165) is 30.6 Å². The molecule has 4 aliphatic carbocycles. The Labute approximate surface area is 185 Å². The Balaban J connectivity index is 1.21. The van der Waals surface area contributed by atoms with Crippen LogP contribution in [0, 0.1) is 23.2 Å². The molecule has 1 saturated heterocycles. The monoisotopic (exact) mass is 446 g/mol. The first-order valence-corrected chi connectivity index (χ1v) is 13.3. The van der Waals surface area contributed by atoms with Crippen molar-refractivity contribution >= 4 is 15.9 Å². The Morgan fingerprint density at radius 3 is 2.26 bits per heavy atom. The third-order valence-corrected chi connectivity index (χ3v) is 9.74. The first-order valence-electron chi connectivity index (χ1n) is 11.9. The zero-order chi connectivity index (χ0) is 21.6. The summed E-state index contributed by atoms with van der Waals surface area (Å²) in [6.45, 7) is 3.14. The largest absolute Gasteiger partial charge is 0.377 e. The quantitative estimate of drug-likeness (QED) is 0.672. The minimum absolute atomic E-state index is 0.0501. The maximum Gasteiger partial charge on any atom is 0.251 e. The van der Waals surface area contributed by atoms with Gasteiger partial charge in [0.1, 0.15) is 0 Å². The molecule has 5 fully saturated rings. The van der Waals surface area contributed by atoms with Gasteiger partial charge in [-0.3, -0.25) is 4.79 Å². The van der Waals surface area contributed by atoms with Gasteiger partial charge in [-0.1, -0.05) is 0 Å². The van der Waals surface area contributed by atoms with E-state index in [-0.39, 0.29) is 34.9 Å². The molecule has 4 saturated carbocycles. The summed E-state index contributed by atoms with van der Waals surface area (Å²) in [5.41, 5.74) is 0.759. The van der Waals surface area contributed by atoms with Crippen LogP contribution in [-0.2, 0) is 14.8 Å². The molecule has 1 aromatic rings. The summed E-state index contributed by atoms with van der Waals surface area (Å²) in [5, 5.41) is 3.25. The molecule has 0 radical (unpaired) electrons. The van der Waals surface area contributed by atoms with Gasteiger partial charge in [-0.05, 0) is 106 Å². The van der Waals surface area contributed by atoms with E-state index >= 15 is 0 Å². The van der Waals surface area contributed by atoms with Gasteiger partial charge in [-0.2, -0.15) is 0 Å². The Morgan fingerprint density at radius 1 is 1.10 bits per heavy atom. The molecular formula is C24H34N2O4S. The fraction of sp³-hybridized carbons (Fsp3) is 0.708. The lowest BCUT2D eigenvalue weighted by Crippen LogP contribution is -2.55. The van der Waals surface area contributed by atoms with E-state index in [0.29, 0.717) is 12.2 Å². The Morgan fingerprint density at radius 2 is 1.71 bits per heavy atom. The number of ether oxygens (including phenoxy) is 1. The van der Waals surface area contributed by atoms with Crippen LogP contribution >= 0.6 is 0 Å². The van der Waals surface area contributed by atoms with Crippen LogP contribution in [-0.4, -0.2) is 39.6 Å². The SMILES string of the molecule is CC(NC(=O)c1ccc(S(=O)(=O)NCC2CCCO2)cc1)C12CC3CC(CC(C3)C1)C2. The zero-order valence-corrected chi connectivity index (χ0v) is 19.1. The summed E-state index contributed by atoms with van der Waals surface area (Å²) in [7, 11) is -3.61. The van der Waals surface area contributed by atoms with Crippen LogP contribution in [0.15, 0.2) is 29.2 Å². The number of hydrogen-bond donors (Lipinski definition) is 2. The van der Waals surface area contributed by atoms with Crippen molar-refractivity contribution in [2.24, 2.45) is 23.2 Å². The van der Waals surface area contributed by atoms with E-state index in [1.807, 2.05) is 0 Å². The van der Waals surface area contributed by atoms with Gasteiger partial charge in [0.25, 0.3) is 5.91 Å². The summed E-state index contributed by atoms with van der Waals surface area (Å²) in [4.78, 5) is 13.1. The Kier molecular flexibility index (Phi) is 5.64. The average Bonchev–Trinajstić information content (AvgIpc) is 3.25. The molecule has 1 aromatic carbocycles. The highest BCUT2D eigenvalue weighted by Gasteiger charge is 2.53. The van der Waals surface area contributed by atoms with Gasteiger partial charge in [0.05, 0.1) is 11.0 Å². The number of nitrogens with one attached hydrogen (secondary N) is 2. The molecule has 0 aromatic heterocycles. The van der Waals surface area contributed by atoms with Crippen LogP contribution in [0.4, 0.5) is 0 Å². The van der Waals surface area contributed by atoms with Crippen molar-refractivity contribution in [1.29, 1.82) is 0 Å². The van der Waals surface area contributed by atoms with Crippen molar-refractivity contribution in [2.45, 2.75) is 75.3 Å². The highest BCUT2D eigenvalue weighted by Crippen LogP contribution is 2.61. The number of sulfonamides is 1. The van der Waals surface area contributed by atoms with Crippen molar-refractivity contribution < 1.29 is 17.9 Å². The van der Waals surface area contributed by atoms with Gasteiger partial charge in [-0.25, -0.2) is 13.1 Å². The van der Waals surface area contributed by atoms with Gasteiger partial charge < -0.3 is 10.1 Å². The number of carbonyl (C=O) groups excluding carboxylic acids is 1. The molecule has 4 bridgehead atoms. The van der Waals surface area contributed by atoms with E-state index in [9.17, 15) is 13.2 Å². The molecule has 1 heterocycles. The average molecular weight is 447 g/mol. The Bertz CT molecular complexity index is 886. The van der Waals surface area contributed by atoms with Crippen molar-refractivity contribution in [3.8, 4) is 0 Å². The number of amides is 1. The lowest BCUT2D eigenvalue weighted by atomic mass is 9.48. The molecule has 5 aliphatic rings. The van der Waals surface area contributed by atoms with Crippen molar-refractivity contribution in [3.63, 3.8) is 0 Å². The molecular weight excluding hydrogens is 412 g/mol. The third kappa shape index (κ3) is 4.29. The molecule has 170 valence electrons. The molecule has 7 heteroatoms. The topological polar surface area (TPSA) is 84.5 Å². The second kappa shape index (κ2) is 8.16. The van der Waals surface area contributed by atoms with Crippen LogP contribution in [0.3, 0.4) is 0 Å². The summed E-state index contributed by atoms with van der Waals surface area (Å²) in [6.07, 6.45) is 9.69. The number of hydrogen-bond acceptors (Lipinski definition) is 4. The zero-order valence-electron chi connectivity index (χ0n) is 18.3. The molecule has 2 atom stereocenters. The highest BCUT2D eigenvalue weighted by atomic mass is 32.2. The summed E-state index contributed by atoms with van der Waals surface area (Å²) >= 11 is 0. The molecule has 2 unspecified atom stereocenters. The van der Waals surface area contributed by atoms with Crippen molar-refractivity contribution in [2.75, 3.05) is 13.2 Å². The number of benzene rings is 1. The molecule has 31 heavy (non-hydrogen) atoms. The minimum Gasteiger partial charge on any atom is -0.377 e. The predicted molar refractivity (Wildman–Crippen MR) is 118 cm³/mol. The van der Waals surface area contributed by atoms with E-state index in [1.54, 1.807) is 12.1 Å². The van der Waals surface area contributed by atoms with E-state index < -0.39 is 10.0 Å². The molecule has 6 nitrogen and oxygen atoms in total. The fourth-order valence-electron chi connectivity index (χ4n) is 7.02. The van der Waals surface area contributed by atoms with Gasteiger partial charge >= 0.3 is 0 Å². The highest BCUT2D eigenvalue weighted by molar-refractivity contribution is 7.89. The fourth-order valence-corrected chi connectivity index (χ4v) is 8.08. The second-order valence-corrected chi connectivity index (χ2v) is 12.3. The van der Waals surface area contributed by atoms with Crippen molar-refractivity contribution in [3.05, 3.63) is 29.8 Å². The first kappa shape index (κ1) is 21.4. The minimum atomic E-state index is -3.61. The maximum absolute atomic E-state index is 12.9. The summed E-state index contributed by atoms with van der Waals surface area (Å²) in [5.74, 6) is 2.42. The summed E-state index contributed by atoms with van der Waals surface area (Å²) < 4.78 is 33.2. The Hall–Kier alpha value is -1.44. The number of carbonyl (C=O) groups is 1. The van der Waals surface area contributed by atoms with Crippen LogP contribution < -0.4 is 10.0 Å². The van der Waals surface area contributed by atoms with E-state index in [4.69, 9.17) is 4.74 Å². The lowest BCUT2D eigenvalue weighted by molar-refractivity contribution is -0.0688. The van der Waals surface area contributed by atoms with Crippen LogP contribution in [0.25, 0.3) is 0 Å². The first-order chi connectivity index (χ1) is 14.8. The molecule has 1 aliphatic heterocycles. The number of rotatable bonds is 7. The van der Waals surface area contributed by atoms with Gasteiger partial charge in [0, 0.05) is 24.8 Å². The molecule has 2 N–H and O–H groups in total. The third-order valence-electron chi connectivity index (χ3n) is 8.30. The molecule has 6 rings (SSSR count). The maximum atomic E-state index is 12.9. The van der Waals surface area contributed by atoms with Crippen LogP contribution in [0.1, 0.15) is 68.6 Å². The van der Waals surface area contributed by atoms with Gasteiger partial charge in [0.2, 0.25) is 10.0 Å². The van der Waals surface area contributed by atoms with Gasteiger partial charge in [-0.15, -0.1) is 0 Å². The van der Waals surface area contributed by atoms with E-state index in [1.165, 1.54) is 50.7 Å². The lowest BCUT2D eigenvalue weighted by Gasteiger charge is -2.59. The van der Waals surface area contributed by atoms with Crippen LogP contribution in [0.2, 0.25) is 0 Å². The summed E-state index contributed by atoms with van der Waals surface area (Å²) in [6, 6.07) is 6.40. The van der Waals surface area contributed by atoms with Crippen molar-refractivity contribution in [1.82, 2.24) is 10.0 Å². The standard InChI is InChI=1S/C24H34N2O4S/c1-16(24-12-17-9-18(13-24)11-19(10-17)14-24)26-23(27)20-4-6-22(7-5-20)31(28,29)25-15-21-3-2-8-30-21/h4-7,16-19,21,25H,2-3,8-15H2,1H3,(H,26,27). The molecule has 0 spiro atoms. The normalized spacial score (nSPS) is 35.3. The van der Waals surface area contributed by atoms with E-state index in [2.05, 4.69) is 17.0 Å². The molecule has 1 amide bonds. The second-order valence-electron chi connectivity index (χ2n) is 10.5. The predicted octanol–water partition coefficient (Wildman–Crippen LogP) is 3.48.